The van der Waals surface area contributed by atoms with E-state index in [1.54, 1.807) is 0 Å². The van der Waals surface area contributed by atoms with Crippen molar-refractivity contribution < 1.29 is 0 Å². The summed E-state index contributed by atoms with van der Waals surface area (Å²) in [6, 6.07) is 8.35. The number of nitrogens with one attached hydrogen (secondary N) is 1. The van der Waals surface area contributed by atoms with Crippen LogP contribution in [0, 0.1) is 5.41 Å². The van der Waals surface area contributed by atoms with Gasteiger partial charge >= 0.3 is 0 Å². The molecule has 88 valence electrons. The Kier molecular flexibility index (Phi) is 3.56. The van der Waals surface area contributed by atoms with Crippen LogP contribution in [0.2, 0.25) is 5.02 Å². The minimum atomic E-state index is 0.421. The molecule has 2 rings (SSSR count). The van der Waals surface area contributed by atoms with Gasteiger partial charge in [-0.2, -0.15) is 0 Å². The summed E-state index contributed by atoms with van der Waals surface area (Å²) in [7, 11) is 0. The summed E-state index contributed by atoms with van der Waals surface area (Å²) in [5.41, 5.74) is 1.81. The second-order valence-corrected chi connectivity index (χ2v) is 5.24. The summed E-state index contributed by atoms with van der Waals surface area (Å²) in [6.45, 7) is 6.82. The van der Waals surface area contributed by atoms with Crippen LogP contribution in [0.5, 0.6) is 0 Å². The zero-order valence-electron chi connectivity index (χ0n) is 10.1. The van der Waals surface area contributed by atoms with Crippen LogP contribution in [0.3, 0.4) is 0 Å². The van der Waals surface area contributed by atoms with Crippen molar-refractivity contribution in [3.8, 4) is 0 Å². The normalized spacial score (nSPS) is 23.6. The number of hydrogen-bond acceptors (Lipinski definition) is 1. The predicted octanol–water partition coefficient (Wildman–Crippen LogP) is 3.83. The van der Waals surface area contributed by atoms with Crippen molar-refractivity contribution in [3.05, 3.63) is 34.9 Å². The first-order valence-corrected chi connectivity index (χ1v) is 6.56. The SMILES string of the molecule is CCC1(CC)CNC[C@@H]1c1cccc(Cl)c1. The Hall–Kier alpha value is -0.530. The molecular weight excluding hydrogens is 218 g/mol. The van der Waals surface area contributed by atoms with Crippen LogP contribution < -0.4 is 5.32 Å². The molecule has 16 heavy (non-hydrogen) atoms. The van der Waals surface area contributed by atoms with Crippen molar-refractivity contribution in [1.29, 1.82) is 0 Å². The van der Waals surface area contributed by atoms with E-state index in [1.165, 1.54) is 18.4 Å². The standard InChI is InChI=1S/C14H20ClN/c1-3-14(4-2)10-16-9-13(14)11-6-5-7-12(15)8-11/h5-8,13,16H,3-4,9-10H2,1-2H3/t13-/m1/s1. The molecule has 0 aromatic heterocycles. The van der Waals surface area contributed by atoms with Gasteiger partial charge in [-0.05, 0) is 36.0 Å². The summed E-state index contributed by atoms with van der Waals surface area (Å²) < 4.78 is 0. The molecule has 0 unspecified atom stereocenters. The minimum absolute atomic E-state index is 0.421. The highest BCUT2D eigenvalue weighted by Gasteiger charge is 2.40. The highest BCUT2D eigenvalue weighted by Crippen LogP contribution is 2.44. The van der Waals surface area contributed by atoms with Crippen LogP contribution in [0.1, 0.15) is 38.2 Å². The molecule has 1 aliphatic heterocycles. The van der Waals surface area contributed by atoms with E-state index in [4.69, 9.17) is 11.6 Å². The van der Waals surface area contributed by atoms with E-state index in [0.717, 1.165) is 18.1 Å². The third-order valence-electron chi connectivity index (χ3n) is 4.22. The van der Waals surface area contributed by atoms with Gasteiger partial charge in [0.1, 0.15) is 0 Å². The molecule has 0 bridgehead atoms. The van der Waals surface area contributed by atoms with Gasteiger partial charge in [0, 0.05) is 24.0 Å². The van der Waals surface area contributed by atoms with Gasteiger partial charge in [0.2, 0.25) is 0 Å². The van der Waals surface area contributed by atoms with Crippen LogP contribution in [0.15, 0.2) is 24.3 Å². The van der Waals surface area contributed by atoms with Gasteiger partial charge < -0.3 is 5.32 Å². The number of hydrogen-bond donors (Lipinski definition) is 1. The highest BCUT2D eigenvalue weighted by atomic mass is 35.5. The number of halogens is 1. The van der Waals surface area contributed by atoms with Crippen LogP contribution in [-0.4, -0.2) is 13.1 Å². The molecule has 0 radical (unpaired) electrons. The molecule has 0 aliphatic carbocycles. The van der Waals surface area contributed by atoms with E-state index < -0.39 is 0 Å². The van der Waals surface area contributed by atoms with Crippen molar-refractivity contribution in [2.24, 2.45) is 5.41 Å². The fraction of sp³-hybridized carbons (Fsp3) is 0.571. The fourth-order valence-electron chi connectivity index (χ4n) is 2.99. The maximum absolute atomic E-state index is 6.08. The largest absolute Gasteiger partial charge is 0.316 e. The van der Waals surface area contributed by atoms with E-state index in [2.05, 4.69) is 37.4 Å². The topological polar surface area (TPSA) is 12.0 Å². The molecule has 0 saturated carbocycles. The Labute approximate surface area is 103 Å². The van der Waals surface area contributed by atoms with Crippen molar-refractivity contribution in [1.82, 2.24) is 5.32 Å². The van der Waals surface area contributed by atoms with Crippen molar-refractivity contribution >= 4 is 11.6 Å². The van der Waals surface area contributed by atoms with Crippen molar-refractivity contribution in [3.63, 3.8) is 0 Å². The summed E-state index contributed by atoms with van der Waals surface area (Å²) in [6.07, 6.45) is 2.46. The van der Waals surface area contributed by atoms with E-state index in [0.29, 0.717) is 11.3 Å². The lowest BCUT2D eigenvalue weighted by Gasteiger charge is -2.33. The van der Waals surface area contributed by atoms with Gasteiger partial charge in [0.25, 0.3) is 0 Å². The Morgan fingerprint density at radius 3 is 2.75 bits per heavy atom. The van der Waals surface area contributed by atoms with Gasteiger partial charge in [-0.25, -0.2) is 0 Å². The van der Waals surface area contributed by atoms with E-state index >= 15 is 0 Å². The Morgan fingerprint density at radius 1 is 1.38 bits per heavy atom. The van der Waals surface area contributed by atoms with E-state index in [-0.39, 0.29) is 0 Å². The lowest BCUT2D eigenvalue weighted by molar-refractivity contribution is 0.260. The fourth-order valence-corrected chi connectivity index (χ4v) is 3.19. The van der Waals surface area contributed by atoms with E-state index in [9.17, 15) is 0 Å². The van der Waals surface area contributed by atoms with Crippen LogP contribution in [-0.2, 0) is 0 Å². The second kappa shape index (κ2) is 4.77. The monoisotopic (exact) mass is 237 g/mol. The summed E-state index contributed by atoms with van der Waals surface area (Å²) >= 11 is 6.08. The number of rotatable bonds is 3. The number of benzene rings is 1. The third-order valence-corrected chi connectivity index (χ3v) is 4.46. The summed E-state index contributed by atoms with van der Waals surface area (Å²) in [5.74, 6) is 0.612. The maximum atomic E-state index is 6.08. The summed E-state index contributed by atoms with van der Waals surface area (Å²) in [5, 5.41) is 4.39. The summed E-state index contributed by atoms with van der Waals surface area (Å²) in [4.78, 5) is 0. The molecule has 1 aromatic rings. The first-order chi connectivity index (χ1) is 7.72. The highest BCUT2D eigenvalue weighted by molar-refractivity contribution is 6.30. The lowest BCUT2D eigenvalue weighted by Crippen LogP contribution is -2.27. The molecule has 1 aliphatic rings. The maximum Gasteiger partial charge on any atom is 0.0408 e. The van der Waals surface area contributed by atoms with E-state index in [1.807, 2.05) is 6.07 Å². The van der Waals surface area contributed by atoms with Gasteiger partial charge in [-0.1, -0.05) is 37.6 Å². The second-order valence-electron chi connectivity index (χ2n) is 4.81. The first kappa shape index (κ1) is 11.9. The zero-order chi connectivity index (χ0) is 11.6. The van der Waals surface area contributed by atoms with Gasteiger partial charge in [0.15, 0.2) is 0 Å². The average molecular weight is 238 g/mol. The third kappa shape index (κ3) is 1.99. The Balaban J connectivity index is 2.32. The molecule has 1 fully saturated rings. The molecule has 1 atom stereocenters. The van der Waals surface area contributed by atoms with Gasteiger partial charge in [-0.3, -0.25) is 0 Å². The molecule has 1 heterocycles. The van der Waals surface area contributed by atoms with Crippen molar-refractivity contribution in [2.45, 2.75) is 32.6 Å². The molecular formula is C14H20ClN. The van der Waals surface area contributed by atoms with Gasteiger partial charge in [0.05, 0.1) is 0 Å². The molecule has 1 N–H and O–H groups in total. The molecule has 0 amide bonds. The smallest absolute Gasteiger partial charge is 0.0408 e. The lowest BCUT2D eigenvalue weighted by atomic mass is 9.71. The molecule has 0 spiro atoms. The van der Waals surface area contributed by atoms with Crippen LogP contribution in [0.25, 0.3) is 0 Å². The Morgan fingerprint density at radius 2 is 2.12 bits per heavy atom. The molecule has 1 nitrogen and oxygen atoms in total. The zero-order valence-corrected chi connectivity index (χ0v) is 10.8. The molecule has 1 saturated heterocycles. The first-order valence-electron chi connectivity index (χ1n) is 6.18. The Bertz CT molecular complexity index is 358. The molecule has 1 aromatic carbocycles. The predicted molar refractivity (Wildman–Crippen MR) is 70.1 cm³/mol. The molecule has 2 heteroatoms. The average Bonchev–Trinajstić information content (AvgIpc) is 2.73. The van der Waals surface area contributed by atoms with Crippen LogP contribution in [0.4, 0.5) is 0 Å². The quantitative estimate of drug-likeness (QED) is 0.843. The van der Waals surface area contributed by atoms with Crippen molar-refractivity contribution in [2.75, 3.05) is 13.1 Å². The van der Waals surface area contributed by atoms with Gasteiger partial charge in [-0.15, -0.1) is 0 Å². The minimum Gasteiger partial charge on any atom is -0.316 e. The van der Waals surface area contributed by atoms with Crippen LogP contribution >= 0.6 is 11.6 Å².